The van der Waals surface area contributed by atoms with Gasteiger partial charge in [0, 0.05) is 11.8 Å². The molecule has 8 heteroatoms. The number of H-pyrrole nitrogens is 1. The van der Waals surface area contributed by atoms with Gasteiger partial charge < -0.3 is 19.8 Å². The molecule has 3 rings (SSSR count). The highest BCUT2D eigenvalue weighted by Gasteiger charge is 2.08. The van der Waals surface area contributed by atoms with E-state index in [1.54, 1.807) is 31.4 Å². The molecule has 2 N–H and O–H groups in total. The van der Waals surface area contributed by atoms with Crippen LogP contribution in [-0.2, 0) is 11.4 Å². The molecule has 28 heavy (non-hydrogen) atoms. The molecule has 1 amide bonds. The molecule has 0 unspecified atom stereocenters. The minimum atomic E-state index is -0.292. The van der Waals surface area contributed by atoms with Gasteiger partial charge in [0.1, 0.15) is 18.1 Å². The first-order valence-electron chi connectivity index (χ1n) is 8.47. The van der Waals surface area contributed by atoms with Gasteiger partial charge in [-0.25, -0.2) is 4.98 Å². The highest BCUT2D eigenvalue weighted by Crippen LogP contribution is 2.17. The zero-order valence-corrected chi connectivity index (χ0v) is 16.0. The number of nitrogens with one attached hydrogen (secondary N) is 2. The lowest BCUT2D eigenvalue weighted by Gasteiger charge is -2.08. The number of hydrogen-bond donors (Lipinski definition) is 2. The van der Waals surface area contributed by atoms with Crippen LogP contribution in [0.1, 0.15) is 5.69 Å². The summed E-state index contributed by atoms with van der Waals surface area (Å²) < 4.78 is 10.7. The van der Waals surface area contributed by atoms with E-state index in [0.717, 1.165) is 11.8 Å². The number of carbonyl (C=O) groups is 1. The van der Waals surface area contributed by atoms with Crippen molar-refractivity contribution < 1.29 is 14.3 Å². The van der Waals surface area contributed by atoms with Crippen molar-refractivity contribution in [1.82, 2.24) is 9.97 Å². The van der Waals surface area contributed by atoms with Crippen molar-refractivity contribution in [2.75, 3.05) is 18.2 Å². The number of anilines is 1. The lowest BCUT2D eigenvalue weighted by molar-refractivity contribution is -0.113. The minimum absolute atomic E-state index is 0.109. The van der Waals surface area contributed by atoms with Crippen molar-refractivity contribution in [1.29, 1.82) is 0 Å². The molecule has 0 spiro atoms. The van der Waals surface area contributed by atoms with Crippen LogP contribution in [0.15, 0.2) is 70.6 Å². The van der Waals surface area contributed by atoms with Crippen LogP contribution in [0.4, 0.5) is 5.69 Å². The second kappa shape index (κ2) is 9.61. The zero-order valence-electron chi connectivity index (χ0n) is 15.2. The lowest BCUT2D eigenvalue weighted by Crippen LogP contribution is -2.16. The molecule has 0 aliphatic rings. The van der Waals surface area contributed by atoms with Gasteiger partial charge in [0.05, 0.1) is 18.6 Å². The normalized spacial score (nSPS) is 10.3. The van der Waals surface area contributed by atoms with Crippen molar-refractivity contribution in [2.45, 2.75) is 11.8 Å². The van der Waals surface area contributed by atoms with Crippen LogP contribution >= 0.6 is 11.8 Å². The molecule has 0 fully saturated rings. The van der Waals surface area contributed by atoms with Crippen LogP contribution in [0.2, 0.25) is 0 Å². The first-order valence-corrected chi connectivity index (χ1v) is 9.46. The third kappa shape index (κ3) is 5.88. The van der Waals surface area contributed by atoms with Crippen LogP contribution in [0.5, 0.6) is 11.5 Å². The summed E-state index contributed by atoms with van der Waals surface area (Å²) >= 11 is 1.15. The standard InChI is InChI=1S/C20H19N3O4S/c1-26-16-9-7-14(8-10-16)21-19(25)13-28-20-22-15(11-18(24)23-20)12-27-17-5-3-2-4-6-17/h2-11H,12-13H2,1H3,(H,21,25)(H,22,23,24). The van der Waals surface area contributed by atoms with Gasteiger partial charge in [-0.15, -0.1) is 0 Å². The Labute approximate surface area is 166 Å². The molecule has 1 heterocycles. The predicted octanol–water partition coefficient (Wildman–Crippen LogP) is 3.09. The number of nitrogens with zero attached hydrogens (tertiary/aromatic N) is 1. The fraction of sp³-hybridized carbons (Fsp3) is 0.150. The van der Waals surface area contributed by atoms with Crippen molar-refractivity contribution >= 4 is 23.4 Å². The summed E-state index contributed by atoms with van der Waals surface area (Å²) in [5, 5.41) is 3.14. The largest absolute Gasteiger partial charge is 0.497 e. The Kier molecular flexibility index (Phi) is 6.69. The van der Waals surface area contributed by atoms with Crippen LogP contribution in [0, 0.1) is 0 Å². The SMILES string of the molecule is COc1ccc(NC(=O)CSc2nc(COc3ccccc3)cc(=O)[nH]2)cc1. The molecular weight excluding hydrogens is 378 g/mol. The topological polar surface area (TPSA) is 93.3 Å². The van der Waals surface area contributed by atoms with Gasteiger partial charge in [0.2, 0.25) is 5.91 Å². The van der Waals surface area contributed by atoms with E-state index >= 15 is 0 Å². The first-order chi connectivity index (χ1) is 13.6. The Bertz CT molecular complexity index is 975. The fourth-order valence-electron chi connectivity index (χ4n) is 2.31. The fourth-order valence-corrected chi connectivity index (χ4v) is 3.00. The summed E-state index contributed by atoms with van der Waals surface area (Å²) in [5.41, 5.74) is 0.864. The number of aromatic amines is 1. The highest BCUT2D eigenvalue weighted by molar-refractivity contribution is 7.99. The first kappa shape index (κ1) is 19.5. The number of rotatable bonds is 8. The Balaban J connectivity index is 1.55. The van der Waals surface area contributed by atoms with Crippen LogP contribution in [-0.4, -0.2) is 28.7 Å². The number of thioether (sulfide) groups is 1. The molecule has 0 aliphatic heterocycles. The van der Waals surface area contributed by atoms with E-state index < -0.39 is 0 Å². The third-order valence-electron chi connectivity index (χ3n) is 3.62. The van der Waals surface area contributed by atoms with Gasteiger partial charge in [-0.1, -0.05) is 30.0 Å². The van der Waals surface area contributed by atoms with E-state index in [1.807, 2.05) is 30.3 Å². The average molecular weight is 397 g/mol. The Morgan fingerprint density at radius 3 is 2.57 bits per heavy atom. The number of benzene rings is 2. The molecular formula is C20H19N3O4S. The summed E-state index contributed by atoms with van der Waals surface area (Å²) in [4.78, 5) is 30.9. The van der Waals surface area contributed by atoms with Crippen LogP contribution in [0.25, 0.3) is 0 Å². The lowest BCUT2D eigenvalue weighted by atomic mass is 10.3. The smallest absolute Gasteiger partial charge is 0.251 e. The molecule has 0 saturated carbocycles. The molecule has 0 aliphatic carbocycles. The molecule has 0 saturated heterocycles. The van der Waals surface area contributed by atoms with E-state index in [-0.39, 0.29) is 23.8 Å². The molecule has 1 aromatic heterocycles. The Morgan fingerprint density at radius 2 is 1.86 bits per heavy atom. The number of aromatic nitrogens is 2. The van der Waals surface area contributed by atoms with Gasteiger partial charge in [0.25, 0.3) is 5.56 Å². The number of ether oxygens (including phenoxy) is 2. The van der Waals surface area contributed by atoms with Gasteiger partial charge in [0.15, 0.2) is 5.16 Å². The maximum absolute atomic E-state index is 12.1. The van der Waals surface area contributed by atoms with E-state index in [4.69, 9.17) is 9.47 Å². The number of carbonyl (C=O) groups excluding carboxylic acids is 1. The van der Waals surface area contributed by atoms with Crippen molar-refractivity contribution in [2.24, 2.45) is 0 Å². The molecule has 0 radical (unpaired) electrons. The molecule has 144 valence electrons. The summed E-state index contributed by atoms with van der Waals surface area (Å²) in [6.07, 6.45) is 0. The quantitative estimate of drug-likeness (QED) is 0.448. The van der Waals surface area contributed by atoms with Gasteiger partial charge in [-0.2, -0.15) is 0 Å². The number of amides is 1. The second-order valence-corrected chi connectivity index (χ2v) is 6.67. The number of methoxy groups -OCH3 is 1. The van der Waals surface area contributed by atoms with Gasteiger partial charge in [-0.05, 0) is 36.4 Å². The van der Waals surface area contributed by atoms with Crippen LogP contribution in [0.3, 0.4) is 0 Å². The maximum Gasteiger partial charge on any atom is 0.251 e. The summed E-state index contributed by atoms with van der Waals surface area (Å²) in [6, 6.07) is 17.7. The number of para-hydroxylation sites is 1. The van der Waals surface area contributed by atoms with Crippen molar-refractivity contribution in [3.8, 4) is 11.5 Å². The summed E-state index contributed by atoms with van der Waals surface area (Å²) in [5.74, 6) is 1.31. The van der Waals surface area contributed by atoms with E-state index in [2.05, 4.69) is 15.3 Å². The number of hydrogen-bond acceptors (Lipinski definition) is 6. The zero-order chi connectivity index (χ0) is 19.8. The highest BCUT2D eigenvalue weighted by atomic mass is 32.2. The average Bonchev–Trinajstić information content (AvgIpc) is 2.72. The molecule has 0 atom stereocenters. The summed E-state index contributed by atoms with van der Waals surface area (Å²) in [7, 11) is 1.58. The molecule has 3 aromatic rings. The van der Waals surface area contributed by atoms with E-state index in [9.17, 15) is 9.59 Å². The maximum atomic E-state index is 12.1. The Hall–Kier alpha value is -3.26. The summed E-state index contributed by atoms with van der Waals surface area (Å²) in [6.45, 7) is 0.166. The van der Waals surface area contributed by atoms with Gasteiger partial charge >= 0.3 is 0 Å². The second-order valence-electron chi connectivity index (χ2n) is 5.71. The Morgan fingerprint density at radius 1 is 1.11 bits per heavy atom. The van der Waals surface area contributed by atoms with E-state index in [0.29, 0.717) is 28.0 Å². The molecule has 2 aromatic carbocycles. The molecule has 7 nitrogen and oxygen atoms in total. The third-order valence-corrected chi connectivity index (χ3v) is 4.49. The molecule has 0 bridgehead atoms. The monoisotopic (exact) mass is 397 g/mol. The van der Waals surface area contributed by atoms with Crippen molar-refractivity contribution in [3.05, 3.63) is 76.7 Å². The van der Waals surface area contributed by atoms with Crippen LogP contribution < -0.4 is 20.3 Å². The van der Waals surface area contributed by atoms with Gasteiger partial charge in [-0.3, -0.25) is 9.59 Å². The van der Waals surface area contributed by atoms with Crippen molar-refractivity contribution in [3.63, 3.8) is 0 Å². The predicted molar refractivity (Wildman–Crippen MR) is 108 cm³/mol. The minimum Gasteiger partial charge on any atom is -0.497 e. The van der Waals surface area contributed by atoms with E-state index in [1.165, 1.54) is 6.07 Å².